The van der Waals surface area contributed by atoms with E-state index in [1.807, 2.05) is 29.2 Å². The molecule has 4 rings (SSSR count). The van der Waals surface area contributed by atoms with Crippen LogP contribution in [-0.2, 0) is 22.5 Å². The summed E-state index contributed by atoms with van der Waals surface area (Å²) in [7, 11) is 0. The van der Waals surface area contributed by atoms with Gasteiger partial charge in [0, 0.05) is 35.7 Å². The normalized spacial score (nSPS) is 20.6. The van der Waals surface area contributed by atoms with Gasteiger partial charge in [-0.3, -0.25) is 4.79 Å². The predicted octanol–water partition coefficient (Wildman–Crippen LogP) is 3.06. The van der Waals surface area contributed by atoms with Gasteiger partial charge in [0.05, 0.1) is 12.2 Å². The van der Waals surface area contributed by atoms with Gasteiger partial charge in [-0.15, -0.1) is 0 Å². The zero-order chi connectivity index (χ0) is 15.8. The number of benzene rings is 1. The van der Waals surface area contributed by atoms with Crippen LogP contribution in [0.3, 0.4) is 0 Å². The molecule has 0 N–H and O–H groups in total. The van der Waals surface area contributed by atoms with Gasteiger partial charge in [-0.05, 0) is 37.1 Å². The first-order valence-electron chi connectivity index (χ1n) is 7.86. The van der Waals surface area contributed by atoms with Crippen LogP contribution in [0, 0.1) is 0 Å². The number of amides is 1. The van der Waals surface area contributed by atoms with Crippen molar-refractivity contribution in [2.45, 2.75) is 31.9 Å². The molecule has 1 fully saturated rings. The molecule has 2 aliphatic rings. The molecule has 23 heavy (non-hydrogen) atoms. The molecular weight excluding hydrogens is 316 g/mol. The lowest BCUT2D eigenvalue weighted by molar-refractivity contribution is -0.141. The van der Waals surface area contributed by atoms with Crippen molar-refractivity contribution in [1.82, 2.24) is 10.1 Å². The molecule has 1 amide bonds. The quantitative estimate of drug-likeness (QED) is 0.848. The Morgan fingerprint density at radius 3 is 2.87 bits per heavy atom. The lowest BCUT2D eigenvalue weighted by Gasteiger charge is -2.28. The minimum Gasteiger partial charge on any atom is -0.368 e. The highest BCUT2D eigenvalue weighted by Crippen LogP contribution is 2.31. The lowest BCUT2D eigenvalue weighted by Crippen LogP contribution is -2.41. The second kappa shape index (κ2) is 5.98. The highest BCUT2D eigenvalue weighted by Gasteiger charge is 2.32. The second-order valence-corrected chi connectivity index (χ2v) is 6.39. The summed E-state index contributed by atoms with van der Waals surface area (Å²) in [6.45, 7) is 1.87. The molecule has 120 valence electrons. The Labute approximate surface area is 139 Å². The molecule has 3 heterocycles. The van der Waals surface area contributed by atoms with Gasteiger partial charge in [-0.2, -0.15) is 0 Å². The number of ether oxygens (including phenoxy) is 1. The van der Waals surface area contributed by atoms with Crippen molar-refractivity contribution in [3.63, 3.8) is 0 Å². The molecule has 1 saturated heterocycles. The molecule has 2 aliphatic heterocycles. The van der Waals surface area contributed by atoms with Gasteiger partial charge in [-0.25, -0.2) is 0 Å². The van der Waals surface area contributed by atoms with E-state index in [9.17, 15) is 4.79 Å². The third-order valence-electron chi connectivity index (χ3n) is 4.46. The largest absolute Gasteiger partial charge is 0.368 e. The third kappa shape index (κ3) is 2.75. The maximum absolute atomic E-state index is 12.6. The second-order valence-electron chi connectivity index (χ2n) is 5.96. The van der Waals surface area contributed by atoms with E-state index in [2.05, 4.69) is 5.16 Å². The maximum atomic E-state index is 12.6. The van der Waals surface area contributed by atoms with E-state index in [0.717, 1.165) is 35.4 Å². The molecule has 0 aliphatic carbocycles. The Morgan fingerprint density at radius 2 is 2.13 bits per heavy atom. The van der Waals surface area contributed by atoms with Crippen molar-refractivity contribution in [2.24, 2.45) is 0 Å². The van der Waals surface area contributed by atoms with Crippen LogP contribution in [-0.4, -0.2) is 35.2 Å². The Hall–Kier alpha value is -1.85. The number of rotatable bonds is 2. The summed E-state index contributed by atoms with van der Waals surface area (Å²) in [6, 6.07) is 7.46. The molecule has 1 atom stereocenters. The van der Waals surface area contributed by atoms with E-state index in [0.29, 0.717) is 31.1 Å². The highest BCUT2D eigenvalue weighted by molar-refractivity contribution is 6.30. The van der Waals surface area contributed by atoms with E-state index in [1.54, 1.807) is 0 Å². The molecule has 0 spiro atoms. The molecule has 1 unspecified atom stereocenters. The van der Waals surface area contributed by atoms with Gasteiger partial charge < -0.3 is 14.2 Å². The topological polar surface area (TPSA) is 55.6 Å². The van der Waals surface area contributed by atoms with Crippen molar-refractivity contribution in [3.05, 3.63) is 40.5 Å². The minimum absolute atomic E-state index is 0.0800. The smallest absolute Gasteiger partial charge is 0.252 e. The van der Waals surface area contributed by atoms with Gasteiger partial charge in [0.1, 0.15) is 6.10 Å². The van der Waals surface area contributed by atoms with E-state index in [-0.39, 0.29) is 12.0 Å². The van der Waals surface area contributed by atoms with E-state index in [4.69, 9.17) is 20.9 Å². The van der Waals surface area contributed by atoms with E-state index >= 15 is 0 Å². The monoisotopic (exact) mass is 332 g/mol. The zero-order valence-electron chi connectivity index (χ0n) is 12.6. The lowest BCUT2D eigenvalue weighted by atomic mass is 10.0. The molecule has 1 aromatic carbocycles. The first-order chi connectivity index (χ1) is 11.2. The van der Waals surface area contributed by atoms with Crippen LogP contribution < -0.4 is 0 Å². The Bertz CT molecular complexity index is 720. The number of carbonyl (C=O) groups excluding carboxylic acids is 1. The molecule has 1 aromatic heterocycles. The summed E-state index contributed by atoms with van der Waals surface area (Å²) in [4.78, 5) is 14.4. The number of fused-ring (bicyclic) bond motifs is 1. The first kappa shape index (κ1) is 14.7. The van der Waals surface area contributed by atoms with Crippen LogP contribution >= 0.6 is 11.6 Å². The number of hydrogen-bond donors (Lipinski definition) is 0. The average molecular weight is 333 g/mol. The standard InChI is InChI=1S/C17H17ClN2O3/c18-12-5-3-11(4-6-12)16-13-10-20(8-7-14(13)19-23-16)17(21)15-2-1-9-22-15/h3-6,15H,1-2,7-10H2. The number of aromatic nitrogens is 1. The van der Waals surface area contributed by atoms with Crippen molar-refractivity contribution in [3.8, 4) is 11.3 Å². The summed E-state index contributed by atoms with van der Waals surface area (Å²) in [5.74, 6) is 0.804. The fourth-order valence-corrected chi connectivity index (χ4v) is 3.33. The Balaban J connectivity index is 1.59. The van der Waals surface area contributed by atoms with Gasteiger partial charge in [0.25, 0.3) is 5.91 Å². The third-order valence-corrected chi connectivity index (χ3v) is 4.71. The van der Waals surface area contributed by atoms with Gasteiger partial charge in [-0.1, -0.05) is 16.8 Å². The summed E-state index contributed by atoms with van der Waals surface area (Å²) in [6.07, 6.45) is 2.20. The van der Waals surface area contributed by atoms with Crippen molar-refractivity contribution in [2.75, 3.05) is 13.2 Å². The van der Waals surface area contributed by atoms with Gasteiger partial charge in [0.2, 0.25) is 0 Å². The van der Waals surface area contributed by atoms with Crippen LogP contribution in [0.4, 0.5) is 0 Å². The summed E-state index contributed by atoms with van der Waals surface area (Å²) in [5.41, 5.74) is 2.85. The zero-order valence-corrected chi connectivity index (χ0v) is 13.4. The maximum Gasteiger partial charge on any atom is 0.252 e. The van der Waals surface area contributed by atoms with Crippen molar-refractivity contribution < 1.29 is 14.1 Å². The molecular formula is C17H17ClN2O3. The van der Waals surface area contributed by atoms with Crippen LogP contribution in [0.5, 0.6) is 0 Å². The molecule has 0 radical (unpaired) electrons. The number of hydrogen-bond acceptors (Lipinski definition) is 4. The molecule has 0 bridgehead atoms. The highest BCUT2D eigenvalue weighted by atomic mass is 35.5. The van der Waals surface area contributed by atoms with Gasteiger partial charge >= 0.3 is 0 Å². The van der Waals surface area contributed by atoms with Crippen LogP contribution in [0.15, 0.2) is 28.8 Å². The van der Waals surface area contributed by atoms with E-state index < -0.39 is 0 Å². The Morgan fingerprint density at radius 1 is 1.30 bits per heavy atom. The number of carbonyl (C=O) groups is 1. The molecule has 5 nitrogen and oxygen atoms in total. The molecule has 2 aromatic rings. The van der Waals surface area contributed by atoms with Crippen molar-refractivity contribution >= 4 is 17.5 Å². The predicted molar refractivity (Wildman–Crippen MR) is 85.0 cm³/mol. The molecule has 0 saturated carbocycles. The summed E-state index contributed by atoms with van der Waals surface area (Å²) in [5, 5.41) is 4.85. The first-order valence-corrected chi connectivity index (χ1v) is 8.24. The minimum atomic E-state index is -0.282. The van der Waals surface area contributed by atoms with E-state index in [1.165, 1.54) is 0 Å². The summed E-state index contributed by atoms with van der Waals surface area (Å²) >= 11 is 5.94. The van der Waals surface area contributed by atoms with Crippen LogP contribution in [0.2, 0.25) is 5.02 Å². The van der Waals surface area contributed by atoms with Crippen LogP contribution in [0.1, 0.15) is 24.1 Å². The molecule has 6 heteroatoms. The fourth-order valence-electron chi connectivity index (χ4n) is 3.20. The fraction of sp³-hybridized carbons (Fsp3) is 0.412. The average Bonchev–Trinajstić information content (AvgIpc) is 3.24. The SMILES string of the molecule is O=C(C1CCCO1)N1CCc2noc(-c3ccc(Cl)cc3)c2C1. The van der Waals surface area contributed by atoms with Gasteiger partial charge in [0.15, 0.2) is 5.76 Å². The Kier molecular flexibility index (Phi) is 3.83. The van der Waals surface area contributed by atoms with Crippen LogP contribution in [0.25, 0.3) is 11.3 Å². The number of nitrogens with zero attached hydrogens (tertiary/aromatic N) is 2. The summed E-state index contributed by atoms with van der Waals surface area (Å²) < 4.78 is 11.1. The van der Waals surface area contributed by atoms with Crippen molar-refractivity contribution in [1.29, 1.82) is 0 Å². The number of halogens is 1.